The Labute approximate surface area is 177 Å². The lowest BCUT2D eigenvalue weighted by Crippen LogP contribution is -2.46. The van der Waals surface area contributed by atoms with Gasteiger partial charge in [0.25, 0.3) is 5.91 Å². The summed E-state index contributed by atoms with van der Waals surface area (Å²) in [6, 6.07) is -0.0632. The highest BCUT2D eigenvalue weighted by Gasteiger charge is 2.31. The molecule has 4 rings (SSSR count). The number of Topliss-reactive ketones (excluding diaryl/α,β-unsaturated/α-hetero) is 1. The van der Waals surface area contributed by atoms with Gasteiger partial charge >= 0.3 is 0 Å². The molecule has 7 nitrogen and oxygen atoms in total. The standard InChI is InChI=1S/C21H30N4O3.ClH/c1-13-18-15(6-2-8-17(18)26)24-19(13)21(28)25-10-4-5-14(12-25)11-23-20(27)16-7-3-9-22-16;/h14,16,22,24H,2-12H2,1H3,(H,23,27);1H. The molecule has 0 saturated carbocycles. The van der Waals surface area contributed by atoms with E-state index in [1.165, 1.54) is 0 Å². The number of nitrogens with zero attached hydrogens (tertiary/aromatic N) is 1. The first-order valence-electron chi connectivity index (χ1n) is 10.6. The van der Waals surface area contributed by atoms with Gasteiger partial charge in [0.2, 0.25) is 5.91 Å². The zero-order valence-corrected chi connectivity index (χ0v) is 17.8. The second-order valence-electron chi connectivity index (χ2n) is 8.41. The molecular weight excluding hydrogens is 392 g/mol. The number of likely N-dealkylation sites (tertiary alicyclic amines) is 1. The van der Waals surface area contributed by atoms with E-state index < -0.39 is 0 Å². The molecule has 1 aromatic rings. The third-order valence-electron chi connectivity index (χ3n) is 6.40. The van der Waals surface area contributed by atoms with Crippen LogP contribution >= 0.6 is 12.4 Å². The molecular formula is C21H31ClN4O3. The first-order valence-corrected chi connectivity index (χ1v) is 10.6. The van der Waals surface area contributed by atoms with Crippen molar-refractivity contribution in [3.8, 4) is 0 Å². The molecule has 1 aliphatic carbocycles. The number of nitrogens with one attached hydrogen (secondary N) is 3. The van der Waals surface area contributed by atoms with Crippen LogP contribution in [-0.4, -0.2) is 59.7 Å². The maximum absolute atomic E-state index is 13.1. The Kier molecular flexibility index (Phi) is 7.01. The first-order chi connectivity index (χ1) is 13.5. The van der Waals surface area contributed by atoms with Gasteiger partial charge in [-0.15, -0.1) is 12.4 Å². The molecule has 0 spiro atoms. The van der Waals surface area contributed by atoms with Crippen LogP contribution in [0.1, 0.15) is 70.6 Å². The monoisotopic (exact) mass is 422 g/mol. The molecule has 2 unspecified atom stereocenters. The highest BCUT2D eigenvalue weighted by molar-refractivity contribution is 6.04. The Balaban J connectivity index is 0.00000240. The van der Waals surface area contributed by atoms with E-state index in [0.29, 0.717) is 25.2 Å². The summed E-state index contributed by atoms with van der Waals surface area (Å²) in [6.45, 7) is 4.77. The Morgan fingerprint density at radius 2 is 2.00 bits per heavy atom. The predicted octanol–water partition coefficient (Wildman–Crippen LogP) is 1.98. The molecule has 0 radical (unpaired) electrons. The van der Waals surface area contributed by atoms with Gasteiger partial charge in [0.05, 0.1) is 6.04 Å². The first kappa shape index (κ1) is 21.8. The fraction of sp³-hybridized carbons (Fsp3) is 0.667. The van der Waals surface area contributed by atoms with Crippen molar-refractivity contribution in [3.05, 3.63) is 22.5 Å². The van der Waals surface area contributed by atoms with E-state index in [2.05, 4.69) is 15.6 Å². The molecule has 2 fully saturated rings. The fourth-order valence-corrected chi connectivity index (χ4v) is 4.84. The Bertz CT molecular complexity index is 785. The van der Waals surface area contributed by atoms with Gasteiger partial charge in [-0.25, -0.2) is 0 Å². The average Bonchev–Trinajstić information content (AvgIpc) is 3.35. The number of halogens is 1. The van der Waals surface area contributed by atoms with Crippen molar-refractivity contribution < 1.29 is 14.4 Å². The number of aromatic amines is 1. The minimum absolute atomic E-state index is 0. The molecule has 1 aromatic heterocycles. The molecule has 0 aromatic carbocycles. The van der Waals surface area contributed by atoms with Gasteiger partial charge in [0.1, 0.15) is 5.69 Å². The number of hydrogen-bond acceptors (Lipinski definition) is 4. The maximum atomic E-state index is 13.1. The number of carbonyl (C=O) groups is 3. The molecule has 3 aliphatic rings. The van der Waals surface area contributed by atoms with Gasteiger partial charge < -0.3 is 20.5 Å². The maximum Gasteiger partial charge on any atom is 0.270 e. The molecule has 2 saturated heterocycles. The molecule has 0 bridgehead atoms. The van der Waals surface area contributed by atoms with Gasteiger partial charge in [0.15, 0.2) is 5.78 Å². The Morgan fingerprint density at radius 3 is 2.72 bits per heavy atom. The third-order valence-corrected chi connectivity index (χ3v) is 6.40. The van der Waals surface area contributed by atoms with Crippen molar-refractivity contribution in [3.63, 3.8) is 0 Å². The normalized spacial score (nSPS) is 24.0. The number of piperidine rings is 1. The topological polar surface area (TPSA) is 94.3 Å². The van der Waals surface area contributed by atoms with Crippen LogP contribution in [0.3, 0.4) is 0 Å². The van der Waals surface area contributed by atoms with Crippen molar-refractivity contribution in [2.24, 2.45) is 5.92 Å². The van der Waals surface area contributed by atoms with Crippen molar-refractivity contribution >= 4 is 30.0 Å². The van der Waals surface area contributed by atoms with E-state index in [1.54, 1.807) is 0 Å². The lowest BCUT2D eigenvalue weighted by atomic mass is 9.93. The highest BCUT2D eigenvalue weighted by atomic mass is 35.5. The lowest BCUT2D eigenvalue weighted by Gasteiger charge is -2.33. The summed E-state index contributed by atoms with van der Waals surface area (Å²) in [5.74, 6) is 0.476. The second-order valence-corrected chi connectivity index (χ2v) is 8.41. The lowest BCUT2D eigenvalue weighted by molar-refractivity contribution is -0.123. The minimum atomic E-state index is -0.0632. The number of hydrogen-bond donors (Lipinski definition) is 3. The van der Waals surface area contributed by atoms with E-state index in [0.717, 1.165) is 68.4 Å². The number of fused-ring (bicyclic) bond motifs is 1. The molecule has 8 heteroatoms. The molecule has 3 N–H and O–H groups in total. The SMILES string of the molecule is Cc1c(C(=O)N2CCCC(CNC(=O)C3CCCN3)C2)[nH]c2c1C(=O)CCC2.Cl. The summed E-state index contributed by atoms with van der Waals surface area (Å²) in [5, 5.41) is 6.28. The number of aryl methyl sites for hydroxylation is 1. The molecule has 29 heavy (non-hydrogen) atoms. The summed E-state index contributed by atoms with van der Waals surface area (Å²) in [6.07, 6.45) is 6.15. The summed E-state index contributed by atoms with van der Waals surface area (Å²) in [4.78, 5) is 42.7. The zero-order chi connectivity index (χ0) is 19.7. The molecule has 2 amide bonds. The van der Waals surface area contributed by atoms with Crippen molar-refractivity contribution in [2.75, 3.05) is 26.2 Å². The fourth-order valence-electron chi connectivity index (χ4n) is 4.84. The number of ketones is 1. The second kappa shape index (κ2) is 9.30. The van der Waals surface area contributed by atoms with E-state index >= 15 is 0 Å². The van der Waals surface area contributed by atoms with Crippen LogP contribution in [0, 0.1) is 12.8 Å². The molecule has 2 aliphatic heterocycles. The number of H-pyrrole nitrogens is 1. The quantitative estimate of drug-likeness (QED) is 0.691. The summed E-state index contributed by atoms with van der Waals surface area (Å²) in [7, 11) is 0. The molecule has 2 atom stereocenters. The van der Waals surface area contributed by atoms with Crippen LogP contribution in [0.5, 0.6) is 0 Å². The van der Waals surface area contributed by atoms with E-state index in [1.807, 2.05) is 11.8 Å². The Hall–Kier alpha value is -1.86. The van der Waals surface area contributed by atoms with E-state index in [9.17, 15) is 14.4 Å². The van der Waals surface area contributed by atoms with Crippen LogP contribution in [0.15, 0.2) is 0 Å². The summed E-state index contributed by atoms with van der Waals surface area (Å²) < 4.78 is 0. The van der Waals surface area contributed by atoms with Crippen LogP contribution in [0.25, 0.3) is 0 Å². The largest absolute Gasteiger partial charge is 0.354 e. The van der Waals surface area contributed by atoms with Crippen LogP contribution in [-0.2, 0) is 11.2 Å². The van der Waals surface area contributed by atoms with E-state index in [-0.39, 0.29) is 42.0 Å². The Morgan fingerprint density at radius 1 is 1.17 bits per heavy atom. The van der Waals surface area contributed by atoms with Crippen LogP contribution < -0.4 is 10.6 Å². The van der Waals surface area contributed by atoms with Crippen LogP contribution in [0.2, 0.25) is 0 Å². The number of aromatic nitrogens is 1. The summed E-state index contributed by atoms with van der Waals surface area (Å²) in [5.41, 5.74) is 3.02. The number of rotatable bonds is 4. The van der Waals surface area contributed by atoms with Crippen LogP contribution in [0.4, 0.5) is 0 Å². The molecule has 160 valence electrons. The zero-order valence-electron chi connectivity index (χ0n) is 17.0. The molecule has 3 heterocycles. The highest BCUT2D eigenvalue weighted by Crippen LogP contribution is 2.28. The van der Waals surface area contributed by atoms with Gasteiger partial charge in [-0.1, -0.05) is 0 Å². The average molecular weight is 423 g/mol. The van der Waals surface area contributed by atoms with Gasteiger partial charge in [-0.05, 0) is 63.5 Å². The van der Waals surface area contributed by atoms with Crippen molar-refractivity contribution in [2.45, 2.75) is 57.9 Å². The minimum Gasteiger partial charge on any atom is -0.354 e. The number of amides is 2. The van der Waals surface area contributed by atoms with Crippen molar-refractivity contribution in [1.82, 2.24) is 20.5 Å². The predicted molar refractivity (Wildman–Crippen MR) is 113 cm³/mol. The third kappa shape index (κ3) is 4.51. The number of carbonyl (C=O) groups excluding carboxylic acids is 3. The van der Waals surface area contributed by atoms with Crippen molar-refractivity contribution in [1.29, 1.82) is 0 Å². The van der Waals surface area contributed by atoms with Gasteiger partial charge in [0, 0.05) is 37.3 Å². The van der Waals surface area contributed by atoms with Gasteiger partial charge in [-0.2, -0.15) is 0 Å². The van der Waals surface area contributed by atoms with Gasteiger partial charge in [-0.3, -0.25) is 14.4 Å². The summed E-state index contributed by atoms with van der Waals surface area (Å²) >= 11 is 0. The smallest absolute Gasteiger partial charge is 0.270 e. The van der Waals surface area contributed by atoms with E-state index in [4.69, 9.17) is 0 Å².